The molecule has 0 amide bonds. The molecule has 110 valence electrons. The highest BCUT2D eigenvalue weighted by Gasteiger charge is 2.13. The molecule has 7 heteroatoms. The van der Waals surface area contributed by atoms with Gasteiger partial charge in [-0.3, -0.25) is 10.1 Å². The average molecular weight is 313 g/mol. The summed E-state index contributed by atoms with van der Waals surface area (Å²) < 4.78 is 25.8. The van der Waals surface area contributed by atoms with E-state index in [1.165, 1.54) is 12.1 Å². The molecule has 0 atom stereocenters. The Morgan fingerprint density at radius 2 is 1.86 bits per heavy atom. The Labute approximate surface area is 124 Å². The summed E-state index contributed by atoms with van der Waals surface area (Å²) in [6.07, 6.45) is 0. The topological polar surface area (TPSA) is 55.2 Å². The van der Waals surface area contributed by atoms with Crippen molar-refractivity contribution in [1.29, 1.82) is 0 Å². The van der Waals surface area contributed by atoms with E-state index in [2.05, 4.69) is 5.32 Å². The number of hydrogen-bond donors (Lipinski definition) is 1. The molecule has 0 aliphatic carbocycles. The fourth-order valence-corrected chi connectivity index (χ4v) is 2.01. The molecule has 2 rings (SSSR count). The minimum absolute atomic E-state index is 0.0831. The summed E-state index contributed by atoms with van der Waals surface area (Å²) in [4.78, 5) is 10.4. The quantitative estimate of drug-likeness (QED) is 0.674. The van der Waals surface area contributed by atoms with E-state index in [-0.39, 0.29) is 23.8 Å². The molecule has 0 radical (unpaired) electrons. The lowest BCUT2D eigenvalue weighted by atomic mass is 10.1. The van der Waals surface area contributed by atoms with Gasteiger partial charge < -0.3 is 5.32 Å². The smallest absolute Gasteiger partial charge is 0.275 e. The van der Waals surface area contributed by atoms with Gasteiger partial charge in [0.2, 0.25) is 0 Å². The zero-order valence-corrected chi connectivity index (χ0v) is 11.5. The molecule has 0 heterocycles. The maximum atomic E-state index is 13.0. The van der Waals surface area contributed by atoms with Crippen molar-refractivity contribution in [1.82, 2.24) is 5.32 Å². The van der Waals surface area contributed by atoms with Crippen molar-refractivity contribution in [3.05, 3.63) is 74.3 Å². The van der Waals surface area contributed by atoms with Gasteiger partial charge in [-0.25, -0.2) is 8.78 Å². The Hall–Kier alpha value is -2.05. The monoisotopic (exact) mass is 312 g/mol. The molecule has 0 spiro atoms. The second kappa shape index (κ2) is 6.60. The molecule has 21 heavy (non-hydrogen) atoms. The second-order valence-electron chi connectivity index (χ2n) is 4.38. The third kappa shape index (κ3) is 3.96. The number of halogens is 3. The highest BCUT2D eigenvalue weighted by atomic mass is 35.5. The normalized spacial score (nSPS) is 10.6. The van der Waals surface area contributed by atoms with Gasteiger partial charge in [0.15, 0.2) is 11.6 Å². The number of nitrogens with one attached hydrogen (secondary N) is 1. The number of nitrogens with zero attached hydrogens (tertiary/aromatic N) is 1. The summed E-state index contributed by atoms with van der Waals surface area (Å²) in [6.45, 7) is 0.476. The van der Waals surface area contributed by atoms with Crippen molar-refractivity contribution in [3.8, 4) is 0 Å². The van der Waals surface area contributed by atoms with E-state index in [0.717, 1.165) is 12.1 Å². The summed E-state index contributed by atoms with van der Waals surface area (Å²) in [5, 5.41) is 14.1. The van der Waals surface area contributed by atoms with E-state index < -0.39 is 16.6 Å². The summed E-state index contributed by atoms with van der Waals surface area (Å²) in [5.41, 5.74) is 0.929. The maximum absolute atomic E-state index is 13.0. The van der Waals surface area contributed by atoms with Crippen LogP contribution in [0.4, 0.5) is 14.5 Å². The van der Waals surface area contributed by atoms with Crippen LogP contribution in [0.15, 0.2) is 36.4 Å². The van der Waals surface area contributed by atoms with E-state index in [9.17, 15) is 18.9 Å². The fraction of sp³-hybridized carbons (Fsp3) is 0.143. The van der Waals surface area contributed by atoms with Crippen molar-refractivity contribution in [2.45, 2.75) is 13.1 Å². The highest BCUT2D eigenvalue weighted by Crippen LogP contribution is 2.23. The third-order valence-electron chi connectivity index (χ3n) is 2.87. The summed E-state index contributed by atoms with van der Waals surface area (Å²) in [6, 6.07) is 7.95. The standard InChI is InChI=1S/C14H11ClF2N2O2/c15-11-3-2-10(14(6-11)19(20)21)8-18-7-9-1-4-12(16)13(17)5-9/h1-6,18H,7-8H2. The van der Waals surface area contributed by atoms with Crippen molar-refractivity contribution in [3.63, 3.8) is 0 Å². The minimum atomic E-state index is -0.924. The van der Waals surface area contributed by atoms with Crippen LogP contribution in [0.1, 0.15) is 11.1 Å². The number of nitro groups is 1. The molecule has 0 saturated heterocycles. The van der Waals surface area contributed by atoms with Crippen LogP contribution in [-0.4, -0.2) is 4.92 Å². The predicted molar refractivity (Wildman–Crippen MR) is 75.0 cm³/mol. The predicted octanol–water partition coefficient (Wildman–Crippen LogP) is 3.82. The molecule has 2 aromatic rings. The first-order chi connectivity index (χ1) is 9.97. The Morgan fingerprint density at radius 3 is 2.52 bits per heavy atom. The molecule has 0 aliphatic heterocycles. The van der Waals surface area contributed by atoms with Gasteiger partial charge in [-0.15, -0.1) is 0 Å². The number of nitro benzene ring substituents is 1. The lowest BCUT2D eigenvalue weighted by Crippen LogP contribution is -2.14. The number of rotatable bonds is 5. The number of hydrogen-bond acceptors (Lipinski definition) is 3. The van der Waals surface area contributed by atoms with Crippen LogP contribution in [0.2, 0.25) is 5.02 Å². The van der Waals surface area contributed by atoms with E-state index in [4.69, 9.17) is 11.6 Å². The molecular formula is C14H11ClF2N2O2. The lowest BCUT2D eigenvalue weighted by molar-refractivity contribution is -0.385. The third-order valence-corrected chi connectivity index (χ3v) is 3.11. The van der Waals surface area contributed by atoms with Crippen LogP contribution >= 0.6 is 11.6 Å². The zero-order chi connectivity index (χ0) is 15.4. The van der Waals surface area contributed by atoms with Crippen LogP contribution < -0.4 is 5.32 Å². The summed E-state index contributed by atoms with van der Waals surface area (Å²) >= 11 is 5.72. The second-order valence-corrected chi connectivity index (χ2v) is 4.82. The first kappa shape index (κ1) is 15.3. The Morgan fingerprint density at radius 1 is 1.10 bits per heavy atom. The van der Waals surface area contributed by atoms with E-state index >= 15 is 0 Å². The molecule has 0 bridgehead atoms. The molecule has 0 aromatic heterocycles. The SMILES string of the molecule is O=[N+]([O-])c1cc(Cl)ccc1CNCc1ccc(F)c(F)c1. The van der Waals surface area contributed by atoms with Crippen LogP contribution in [0.25, 0.3) is 0 Å². The summed E-state index contributed by atoms with van der Waals surface area (Å²) in [5.74, 6) is -1.83. The molecule has 1 N–H and O–H groups in total. The van der Waals surface area contributed by atoms with Crippen molar-refractivity contribution in [2.75, 3.05) is 0 Å². The van der Waals surface area contributed by atoms with Gasteiger partial charge in [-0.2, -0.15) is 0 Å². The maximum Gasteiger partial charge on any atom is 0.275 e. The van der Waals surface area contributed by atoms with Gasteiger partial charge in [-0.1, -0.05) is 17.7 Å². The van der Waals surface area contributed by atoms with Crippen LogP contribution in [0, 0.1) is 21.7 Å². The summed E-state index contributed by atoms with van der Waals surface area (Å²) in [7, 11) is 0. The van der Waals surface area contributed by atoms with Gasteiger partial charge in [0.05, 0.1) is 4.92 Å². The van der Waals surface area contributed by atoms with E-state index in [0.29, 0.717) is 11.1 Å². The van der Waals surface area contributed by atoms with Crippen molar-refractivity contribution >= 4 is 17.3 Å². The molecule has 0 fully saturated rings. The van der Waals surface area contributed by atoms with Crippen LogP contribution in [0.5, 0.6) is 0 Å². The highest BCUT2D eigenvalue weighted by molar-refractivity contribution is 6.30. The molecule has 2 aromatic carbocycles. The van der Waals surface area contributed by atoms with Crippen molar-refractivity contribution in [2.24, 2.45) is 0 Å². The lowest BCUT2D eigenvalue weighted by Gasteiger charge is -2.07. The molecular weight excluding hydrogens is 302 g/mol. The van der Waals surface area contributed by atoms with Gasteiger partial charge in [-0.05, 0) is 29.8 Å². The van der Waals surface area contributed by atoms with Gasteiger partial charge >= 0.3 is 0 Å². The van der Waals surface area contributed by atoms with E-state index in [1.807, 2.05) is 0 Å². The average Bonchev–Trinajstić information content (AvgIpc) is 2.44. The van der Waals surface area contributed by atoms with Gasteiger partial charge in [0, 0.05) is 29.7 Å². The number of benzene rings is 2. The first-order valence-electron chi connectivity index (χ1n) is 6.05. The molecule has 0 unspecified atom stereocenters. The first-order valence-corrected chi connectivity index (χ1v) is 6.42. The van der Waals surface area contributed by atoms with Crippen molar-refractivity contribution < 1.29 is 13.7 Å². The molecule has 0 aliphatic rings. The Balaban J connectivity index is 2.03. The fourth-order valence-electron chi connectivity index (χ4n) is 1.85. The minimum Gasteiger partial charge on any atom is -0.308 e. The van der Waals surface area contributed by atoms with Crippen LogP contribution in [-0.2, 0) is 13.1 Å². The largest absolute Gasteiger partial charge is 0.308 e. The Kier molecular flexibility index (Phi) is 4.82. The molecule has 4 nitrogen and oxygen atoms in total. The molecule has 0 saturated carbocycles. The zero-order valence-electron chi connectivity index (χ0n) is 10.8. The van der Waals surface area contributed by atoms with Crippen LogP contribution in [0.3, 0.4) is 0 Å². The van der Waals surface area contributed by atoms with E-state index in [1.54, 1.807) is 12.1 Å². The Bertz CT molecular complexity index is 680. The van der Waals surface area contributed by atoms with Gasteiger partial charge in [0.1, 0.15) is 0 Å². The van der Waals surface area contributed by atoms with Gasteiger partial charge in [0.25, 0.3) is 5.69 Å².